The molecule has 1 aromatic carbocycles. The van der Waals surface area contributed by atoms with Crippen LogP contribution < -0.4 is 0 Å². The van der Waals surface area contributed by atoms with E-state index in [1.165, 1.54) is 12.0 Å². The average molecular weight is 454 g/mol. The lowest BCUT2D eigenvalue weighted by Gasteiger charge is -2.19. The SMILES string of the molecule is C=C(Cc1nc(Cc2ccc(CCCCC)cc2)no1)C(=O)O[C@H](CC(=O)O)C(F)(F)F. The molecule has 0 unspecified atom stereocenters. The molecule has 0 saturated heterocycles. The van der Waals surface area contributed by atoms with E-state index in [0.717, 1.165) is 24.8 Å². The van der Waals surface area contributed by atoms with E-state index in [-0.39, 0.29) is 17.9 Å². The zero-order valence-corrected chi connectivity index (χ0v) is 17.7. The van der Waals surface area contributed by atoms with Gasteiger partial charge in [-0.15, -0.1) is 0 Å². The molecule has 0 fully saturated rings. The normalized spacial score (nSPS) is 12.4. The number of carbonyl (C=O) groups excluding carboxylic acids is 1. The zero-order chi connectivity index (χ0) is 23.7. The van der Waals surface area contributed by atoms with Gasteiger partial charge in [0.1, 0.15) is 0 Å². The van der Waals surface area contributed by atoms with E-state index in [1.54, 1.807) is 0 Å². The van der Waals surface area contributed by atoms with Gasteiger partial charge in [0.05, 0.1) is 12.8 Å². The Morgan fingerprint density at radius 3 is 2.44 bits per heavy atom. The molecule has 0 spiro atoms. The number of halogens is 3. The minimum atomic E-state index is -5.02. The summed E-state index contributed by atoms with van der Waals surface area (Å²) in [4.78, 5) is 26.6. The number of alkyl halides is 3. The van der Waals surface area contributed by atoms with Gasteiger partial charge >= 0.3 is 18.1 Å². The summed E-state index contributed by atoms with van der Waals surface area (Å²) in [6.07, 6.45) is -4.63. The number of carboxylic acids is 1. The molecule has 1 aromatic heterocycles. The van der Waals surface area contributed by atoms with E-state index >= 15 is 0 Å². The number of hydrogen-bond donors (Lipinski definition) is 1. The summed E-state index contributed by atoms with van der Waals surface area (Å²) in [6.45, 7) is 5.53. The van der Waals surface area contributed by atoms with Gasteiger partial charge in [-0.3, -0.25) is 4.79 Å². The number of unbranched alkanes of at least 4 members (excludes halogenated alkanes) is 2. The first-order chi connectivity index (χ1) is 15.1. The molecule has 0 aliphatic heterocycles. The van der Waals surface area contributed by atoms with Gasteiger partial charge in [0.25, 0.3) is 0 Å². The Labute approximate surface area is 183 Å². The van der Waals surface area contributed by atoms with E-state index in [4.69, 9.17) is 9.63 Å². The molecule has 1 heterocycles. The van der Waals surface area contributed by atoms with E-state index in [2.05, 4.69) is 28.4 Å². The second-order valence-corrected chi connectivity index (χ2v) is 7.37. The Balaban J connectivity index is 1.91. The van der Waals surface area contributed by atoms with Crippen LogP contribution in [0, 0.1) is 0 Å². The monoisotopic (exact) mass is 454 g/mol. The zero-order valence-electron chi connectivity index (χ0n) is 17.7. The van der Waals surface area contributed by atoms with Crippen LogP contribution in [0.15, 0.2) is 40.9 Å². The van der Waals surface area contributed by atoms with Crippen molar-refractivity contribution < 1.29 is 37.1 Å². The summed E-state index contributed by atoms with van der Waals surface area (Å²) in [5, 5.41) is 12.4. The number of aryl methyl sites for hydroxylation is 1. The fourth-order valence-corrected chi connectivity index (χ4v) is 2.87. The van der Waals surface area contributed by atoms with E-state index in [9.17, 15) is 22.8 Å². The van der Waals surface area contributed by atoms with Crippen molar-refractivity contribution >= 4 is 11.9 Å². The van der Waals surface area contributed by atoms with Gasteiger partial charge in [-0.1, -0.05) is 55.8 Å². The first-order valence-electron chi connectivity index (χ1n) is 10.1. The topological polar surface area (TPSA) is 103 Å². The van der Waals surface area contributed by atoms with Crippen molar-refractivity contribution in [2.45, 2.75) is 64.1 Å². The Bertz CT molecular complexity index is 922. The summed E-state index contributed by atoms with van der Waals surface area (Å²) >= 11 is 0. The van der Waals surface area contributed by atoms with Gasteiger partial charge in [-0.2, -0.15) is 18.2 Å². The minimum absolute atomic E-state index is 0.0140. The van der Waals surface area contributed by atoms with Crippen molar-refractivity contribution in [3.8, 4) is 0 Å². The van der Waals surface area contributed by atoms with Gasteiger partial charge in [0, 0.05) is 12.0 Å². The number of hydrogen-bond acceptors (Lipinski definition) is 6. The second-order valence-electron chi connectivity index (χ2n) is 7.37. The molecule has 0 radical (unpaired) electrons. The van der Waals surface area contributed by atoms with Crippen molar-refractivity contribution in [1.82, 2.24) is 10.1 Å². The van der Waals surface area contributed by atoms with Crippen molar-refractivity contribution in [3.63, 3.8) is 0 Å². The molecule has 0 saturated carbocycles. The number of nitrogens with zero attached hydrogens (tertiary/aromatic N) is 2. The van der Waals surface area contributed by atoms with Crippen LogP contribution in [0.5, 0.6) is 0 Å². The molecule has 2 aromatic rings. The van der Waals surface area contributed by atoms with Crippen LogP contribution in [0.4, 0.5) is 13.2 Å². The Hall–Kier alpha value is -3.17. The number of aromatic nitrogens is 2. The fourth-order valence-electron chi connectivity index (χ4n) is 2.87. The summed E-state index contributed by atoms with van der Waals surface area (Å²) in [7, 11) is 0. The van der Waals surface area contributed by atoms with Gasteiger partial charge < -0.3 is 14.4 Å². The van der Waals surface area contributed by atoms with E-state index in [1.807, 2.05) is 24.3 Å². The highest BCUT2D eigenvalue weighted by molar-refractivity contribution is 5.88. The van der Waals surface area contributed by atoms with Crippen LogP contribution in [0.1, 0.15) is 55.4 Å². The summed E-state index contributed by atoms with van der Waals surface area (Å²) in [6, 6.07) is 8.01. The molecular weight excluding hydrogens is 429 g/mol. The van der Waals surface area contributed by atoms with Crippen LogP contribution in [-0.2, 0) is 33.6 Å². The minimum Gasteiger partial charge on any atom is -0.481 e. The highest BCUT2D eigenvalue weighted by Crippen LogP contribution is 2.26. The van der Waals surface area contributed by atoms with Gasteiger partial charge in [-0.05, 0) is 24.0 Å². The van der Waals surface area contributed by atoms with Crippen LogP contribution in [0.2, 0.25) is 0 Å². The number of carboxylic acid groups (broad SMARTS) is 1. The number of carbonyl (C=O) groups is 2. The van der Waals surface area contributed by atoms with Crippen LogP contribution in [0.25, 0.3) is 0 Å². The molecule has 2 rings (SSSR count). The second kappa shape index (κ2) is 11.4. The highest BCUT2D eigenvalue weighted by Gasteiger charge is 2.44. The molecule has 174 valence electrons. The quantitative estimate of drug-likeness (QED) is 0.287. The van der Waals surface area contributed by atoms with Crippen LogP contribution in [-0.4, -0.2) is 39.5 Å². The number of esters is 1. The Kier molecular flexibility index (Phi) is 8.98. The number of benzene rings is 1. The van der Waals surface area contributed by atoms with Crippen LogP contribution >= 0.6 is 0 Å². The molecule has 0 aliphatic rings. The molecule has 10 heteroatoms. The van der Waals surface area contributed by atoms with Crippen molar-refractivity contribution in [2.24, 2.45) is 0 Å². The largest absolute Gasteiger partial charge is 0.481 e. The summed E-state index contributed by atoms with van der Waals surface area (Å²) in [5.74, 6) is -2.80. The molecule has 1 atom stereocenters. The standard InChI is InChI=1S/C22H25F3N2O5/c1-3-4-5-6-15-7-9-16(10-8-15)12-18-26-19(32-27-18)11-14(2)21(30)31-17(13-20(28)29)22(23,24)25/h7-10,17H,2-6,11-13H2,1H3,(H,28,29)/t17-/m1/s1. The molecule has 7 nitrogen and oxygen atoms in total. The maximum Gasteiger partial charge on any atom is 0.426 e. The van der Waals surface area contributed by atoms with Crippen molar-refractivity contribution in [1.29, 1.82) is 0 Å². The van der Waals surface area contributed by atoms with Crippen molar-refractivity contribution in [3.05, 3.63) is 59.3 Å². The van der Waals surface area contributed by atoms with Crippen molar-refractivity contribution in [2.75, 3.05) is 0 Å². The maximum absolute atomic E-state index is 12.8. The molecular formula is C22H25F3N2O5. The lowest BCUT2D eigenvalue weighted by molar-refractivity contribution is -0.222. The van der Waals surface area contributed by atoms with Crippen LogP contribution in [0.3, 0.4) is 0 Å². The van der Waals surface area contributed by atoms with E-state index in [0.29, 0.717) is 12.2 Å². The lowest BCUT2D eigenvalue weighted by atomic mass is 10.0. The third-order valence-electron chi connectivity index (χ3n) is 4.59. The number of aliphatic carboxylic acids is 1. The third kappa shape index (κ3) is 8.16. The first-order valence-corrected chi connectivity index (χ1v) is 10.1. The number of ether oxygens (including phenoxy) is 1. The van der Waals surface area contributed by atoms with Gasteiger partial charge in [0.15, 0.2) is 5.82 Å². The maximum atomic E-state index is 12.8. The molecule has 0 bridgehead atoms. The Morgan fingerprint density at radius 2 is 1.84 bits per heavy atom. The summed E-state index contributed by atoms with van der Waals surface area (Å²) < 4.78 is 47.8. The average Bonchev–Trinajstić information content (AvgIpc) is 3.14. The smallest absolute Gasteiger partial charge is 0.426 e. The Morgan fingerprint density at radius 1 is 1.19 bits per heavy atom. The molecule has 0 aliphatic carbocycles. The highest BCUT2D eigenvalue weighted by atomic mass is 19.4. The predicted octanol–water partition coefficient (Wildman–Crippen LogP) is 4.44. The molecule has 0 amide bonds. The fraction of sp³-hybridized carbons (Fsp3) is 0.455. The molecule has 1 N–H and O–H groups in total. The van der Waals surface area contributed by atoms with E-state index < -0.39 is 30.6 Å². The summed E-state index contributed by atoms with van der Waals surface area (Å²) in [5.41, 5.74) is 1.83. The predicted molar refractivity (Wildman–Crippen MR) is 108 cm³/mol. The van der Waals surface area contributed by atoms with Gasteiger partial charge in [0.2, 0.25) is 12.0 Å². The molecule has 32 heavy (non-hydrogen) atoms. The van der Waals surface area contributed by atoms with Gasteiger partial charge in [-0.25, -0.2) is 4.79 Å². The lowest BCUT2D eigenvalue weighted by Crippen LogP contribution is -2.36. The first kappa shape index (κ1) is 25.1. The third-order valence-corrected chi connectivity index (χ3v) is 4.59. The number of rotatable bonds is 12.